The first-order valence-electron chi connectivity index (χ1n) is 8.33. The number of carbonyl (C=O) groups is 2. The topological polar surface area (TPSA) is 62.3 Å². The molecule has 0 saturated heterocycles. The molecule has 0 saturated carbocycles. The molecule has 1 N–H and O–H groups in total. The summed E-state index contributed by atoms with van der Waals surface area (Å²) in [6, 6.07) is 12.5. The van der Waals surface area contributed by atoms with E-state index >= 15 is 0 Å². The molecule has 0 fully saturated rings. The van der Waals surface area contributed by atoms with Gasteiger partial charge >= 0.3 is 0 Å². The summed E-state index contributed by atoms with van der Waals surface area (Å²) >= 11 is 0. The third kappa shape index (κ3) is 3.88. The van der Waals surface area contributed by atoms with E-state index in [-0.39, 0.29) is 18.4 Å². The van der Waals surface area contributed by atoms with Crippen LogP contribution in [-0.4, -0.2) is 34.8 Å². The summed E-state index contributed by atoms with van der Waals surface area (Å²) in [6.07, 6.45) is 6.32. The molecule has 2 rings (SSSR count). The standard InChI is InChI=1S/C21H23N3O2/c1-4-13-23-20(26)21(3,18-9-7-6-8-10-18)24(16-5-2)19(25)17-11-14-22-15-12-17/h4-12,14-15H,1-2,13,16H2,3H3,(H,23,26). The van der Waals surface area contributed by atoms with Crippen LogP contribution in [0.2, 0.25) is 0 Å². The normalized spacial score (nSPS) is 12.5. The van der Waals surface area contributed by atoms with Crippen LogP contribution in [-0.2, 0) is 10.3 Å². The lowest BCUT2D eigenvalue weighted by atomic mass is 9.88. The number of amides is 2. The number of pyridine rings is 1. The van der Waals surface area contributed by atoms with Crippen molar-refractivity contribution in [2.75, 3.05) is 13.1 Å². The van der Waals surface area contributed by atoms with Crippen LogP contribution in [0.4, 0.5) is 0 Å². The van der Waals surface area contributed by atoms with E-state index in [2.05, 4.69) is 23.5 Å². The summed E-state index contributed by atoms with van der Waals surface area (Å²) in [5, 5.41) is 2.82. The van der Waals surface area contributed by atoms with E-state index in [9.17, 15) is 9.59 Å². The van der Waals surface area contributed by atoms with Gasteiger partial charge < -0.3 is 10.2 Å². The van der Waals surface area contributed by atoms with Gasteiger partial charge in [-0.2, -0.15) is 0 Å². The molecule has 0 aliphatic heterocycles. The quantitative estimate of drug-likeness (QED) is 0.746. The van der Waals surface area contributed by atoms with Gasteiger partial charge in [-0.3, -0.25) is 14.6 Å². The molecule has 1 atom stereocenters. The first-order chi connectivity index (χ1) is 12.6. The summed E-state index contributed by atoms with van der Waals surface area (Å²) in [7, 11) is 0. The van der Waals surface area contributed by atoms with E-state index < -0.39 is 5.54 Å². The first kappa shape index (κ1) is 19.1. The Labute approximate surface area is 154 Å². The molecular weight excluding hydrogens is 326 g/mol. The van der Waals surface area contributed by atoms with Gasteiger partial charge in [0.15, 0.2) is 0 Å². The van der Waals surface area contributed by atoms with Crippen LogP contribution in [0.3, 0.4) is 0 Å². The zero-order chi connectivity index (χ0) is 19.0. The highest BCUT2D eigenvalue weighted by Gasteiger charge is 2.43. The van der Waals surface area contributed by atoms with Crippen LogP contribution < -0.4 is 5.32 Å². The van der Waals surface area contributed by atoms with Crippen LogP contribution >= 0.6 is 0 Å². The zero-order valence-corrected chi connectivity index (χ0v) is 14.9. The largest absolute Gasteiger partial charge is 0.350 e. The maximum Gasteiger partial charge on any atom is 0.255 e. The molecule has 0 aliphatic rings. The minimum atomic E-state index is -1.21. The Balaban J connectivity index is 2.55. The Kier molecular flexibility index (Phi) is 6.44. The molecule has 2 amide bonds. The lowest BCUT2D eigenvalue weighted by molar-refractivity contribution is -0.131. The molecule has 0 spiro atoms. The molecule has 0 radical (unpaired) electrons. The van der Waals surface area contributed by atoms with Crippen molar-refractivity contribution in [3.05, 3.63) is 91.3 Å². The minimum Gasteiger partial charge on any atom is -0.350 e. The second-order valence-corrected chi connectivity index (χ2v) is 5.88. The molecule has 1 heterocycles. The summed E-state index contributed by atoms with van der Waals surface area (Å²) in [5.41, 5.74) is -0.0370. The van der Waals surface area contributed by atoms with E-state index in [1.807, 2.05) is 30.3 Å². The molecule has 0 bridgehead atoms. The highest BCUT2D eigenvalue weighted by molar-refractivity contribution is 5.99. The highest BCUT2D eigenvalue weighted by atomic mass is 16.2. The average molecular weight is 349 g/mol. The molecule has 2 aromatic rings. The molecule has 26 heavy (non-hydrogen) atoms. The Morgan fingerprint density at radius 3 is 2.35 bits per heavy atom. The summed E-state index contributed by atoms with van der Waals surface area (Å²) < 4.78 is 0. The Hall–Kier alpha value is -3.21. The van der Waals surface area contributed by atoms with Crippen molar-refractivity contribution in [1.29, 1.82) is 0 Å². The van der Waals surface area contributed by atoms with Crippen molar-refractivity contribution < 1.29 is 9.59 Å². The zero-order valence-electron chi connectivity index (χ0n) is 14.9. The van der Waals surface area contributed by atoms with Crippen molar-refractivity contribution in [3.63, 3.8) is 0 Å². The van der Waals surface area contributed by atoms with Crippen molar-refractivity contribution in [1.82, 2.24) is 15.2 Å². The van der Waals surface area contributed by atoms with Crippen LogP contribution in [0.15, 0.2) is 80.2 Å². The molecule has 1 unspecified atom stereocenters. The molecule has 5 heteroatoms. The van der Waals surface area contributed by atoms with E-state index in [4.69, 9.17) is 0 Å². The molecule has 134 valence electrons. The van der Waals surface area contributed by atoms with Crippen molar-refractivity contribution in [2.45, 2.75) is 12.5 Å². The summed E-state index contributed by atoms with van der Waals surface area (Å²) in [5.74, 6) is -0.555. The fourth-order valence-electron chi connectivity index (χ4n) is 2.76. The van der Waals surface area contributed by atoms with E-state index in [1.54, 1.807) is 43.6 Å². The van der Waals surface area contributed by atoms with Crippen LogP contribution in [0.5, 0.6) is 0 Å². The second kappa shape index (κ2) is 8.76. The minimum absolute atomic E-state index is 0.216. The third-order valence-electron chi connectivity index (χ3n) is 4.21. The highest BCUT2D eigenvalue weighted by Crippen LogP contribution is 2.30. The fraction of sp³-hybridized carbons (Fsp3) is 0.190. The summed E-state index contributed by atoms with van der Waals surface area (Å²) in [4.78, 5) is 31.7. The summed E-state index contributed by atoms with van der Waals surface area (Å²) in [6.45, 7) is 9.65. The Bertz CT molecular complexity index is 774. The van der Waals surface area contributed by atoms with Gasteiger partial charge in [0.25, 0.3) is 11.8 Å². The molecule has 0 aliphatic carbocycles. The Morgan fingerprint density at radius 2 is 1.77 bits per heavy atom. The van der Waals surface area contributed by atoms with E-state index in [1.165, 1.54) is 4.90 Å². The van der Waals surface area contributed by atoms with Gasteiger partial charge in [-0.15, -0.1) is 13.2 Å². The van der Waals surface area contributed by atoms with Crippen LogP contribution in [0, 0.1) is 0 Å². The number of aromatic nitrogens is 1. The number of nitrogens with one attached hydrogen (secondary N) is 1. The molecule has 1 aromatic heterocycles. The van der Waals surface area contributed by atoms with Gasteiger partial charge in [-0.05, 0) is 24.6 Å². The van der Waals surface area contributed by atoms with E-state index in [0.29, 0.717) is 17.7 Å². The van der Waals surface area contributed by atoms with Gasteiger partial charge in [0.2, 0.25) is 0 Å². The van der Waals surface area contributed by atoms with Gasteiger partial charge in [0.05, 0.1) is 0 Å². The predicted octanol–water partition coefficient (Wildman–Crippen LogP) is 2.93. The lowest BCUT2D eigenvalue weighted by Crippen LogP contribution is -2.56. The number of benzene rings is 1. The smallest absolute Gasteiger partial charge is 0.255 e. The van der Waals surface area contributed by atoms with Gasteiger partial charge in [0.1, 0.15) is 5.54 Å². The molecule has 5 nitrogen and oxygen atoms in total. The van der Waals surface area contributed by atoms with Crippen molar-refractivity contribution in [3.8, 4) is 0 Å². The number of hydrogen-bond donors (Lipinski definition) is 1. The monoisotopic (exact) mass is 349 g/mol. The number of nitrogens with zero attached hydrogens (tertiary/aromatic N) is 2. The average Bonchev–Trinajstić information content (AvgIpc) is 2.70. The van der Waals surface area contributed by atoms with Gasteiger partial charge in [-0.25, -0.2) is 0 Å². The Morgan fingerprint density at radius 1 is 1.12 bits per heavy atom. The maximum absolute atomic E-state index is 13.2. The molecule has 1 aromatic carbocycles. The third-order valence-corrected chi connectivity index (χ3v) is 4.21. The lowest BCUT2D eigenvalue weighted by Gasteiger charge is -2.40. The number of hydrogen-bond acceptors (Lipinski definition) is 3. The second-order valence-electron chi connectivity index (χ2n) is 5.88. The number of carbonyl (C=O) groups excluding carboxylic acids is 2. The van der Waals surface area contributed by atoms with E-state index in [0.717, 1.165) is 0 Å². The number of rotatable bonds is 8. The van der Waals surface area contributed by atoms with Crippen LogP contribution in [0.25, 0.3) is 0 Å². The van der Waals surface area contributed by atoms with Gasteiger partial charge in [-0.1, -0.05) is 42.5 Å². The maximum atomic E-state index is 13.2. The fourth-order valence-corrected chi connectivity index (χ4v) is 2.76. The van der Waals surface area contributed by atoms with Gasteiger partial charge in [0, 0.05) is 31.0 Å². The predicted molar refractivity (Wildman–Crippen MR) is 102 cm³/mol. The first-order valence-corrected chi connectivity index (χ1v) is 8.33. The molecular formula is C21H23N3O2. The SMILES string of the molecule is C=CCNC(=O)C(C)(c1ccccc1)N(CC=C)C(=O)c1ccncc1. The van der Waals surface area contributed by atoms with Crippen LogP contribution in [0.1, 0.15) is 22.8 Å². The van der Waals surface area contributed by atoms with Crippen molar-refractivity contribution >= 4 is 11.8 Å². The van der Waals surface area contributed by atoms with Crippen molar-refractivity contribution in [2.24, 2.45) is 0 Å².